The van der Waals surface area contributed by atoms with Gasteiger partial charge in [0.25, 0.3) is 0 Å². The number of hydrogen-bond donors (Lipinski definition) is 2. The summed E-state index contributed by atoms with van der Waals surface area (Å²) < 4.78 is 47.2. The van der Waals surface area contributed by atoms with Gasteiger partial charge in [0.05, 0.1) is 11.1 Å². The second-order valence-electron chi connectivity index (χ2n) is 10.4. The fraction of sp³-hybridized carbons (Fsp3) is 0.440. The molecule has 4 nitrogen and oxygen atoms in total. The predicted molar refractivity (Wildman–Crippen MR) is 124 cm³/mol. The van der Waals surface area contributed by atoms with Crippen LogP contribution in [-0.2, 0) is 15.0 Å². The average molecular weight is 511 g/mol. The average Bonchev–Trinajstić information content (AvgIpc) is 3.14. The zero-order chi connectivity index (χ0) is 24.6. The van der Waals surface area contributed by atoms with Gasteiger partial charge in [-0.3, -0.25) is 9.59 Å². The maximum Gasteiger partial charge on any atom is 0.322 e. The van der Waals surface area contributed by atoms with Gasteiger partial charge in [-0.15, -0.1) is 0 Å². The zero-order valence-corrected chi connectivity index (χ0v) is 20.0. The van der Waals surface area contributed by atoms with Crippen LogP contribution in [-0.4, -0.2) is 23.8 Å². The van der Waals surface area contributed by atoms with Gasteiger partial charge in [0.15, 0.2) is 11.2 Å². The minimum absolute atomic E-state index is 0.0381. The number of fused-ring (bicyclic) bond motifs is 2. The van der Waals surface area contributed by atoms with E-state index in [9.17, 15) is 9.59 Å². The summed E-state index contributed by atoms with van der Waals surface area (Å²) in [6.45, 7) is 4.17. The summed E-state index contributed by atoms with van der Waals surface area (Å²) in [7, 11) is 0. The monoisotopic (exact) mass is 510 g/mol. The molecule has 9 heteroatoms. The number of rotatable bonds is 4. The highest BCUT2D eigenvalue weighted by Gasteiger charge is 2.75. The molecule has 2 aromatic rings. The minimum Gasteiger partial charge on any atom is -0.325 e. The van der Waals surface area contributed by atoms with E-state index in [1.165, 1.54) is 36.4 Å². The third-order valence-electron chi connectivity index (χ3n) is 7.48. The maximum absolute atomic E-state index is 16.0. The van der Waals surface area contributed by atoms with E-state index >= 15 is 13.2 Å². The number of alkyl halides is 2. The lowest BCUT2D eigenvalue weighted by Crippen LogP contribution is -2.53. The van der Waals surface area contributed by atoms with Gasteiger partial charge in [-0.05, 0) is 53.5 Å². The van der Waals surface area contributed by atoms with Gasteiger partial charge >= 0.3 is 6.05 Å². The van der Waals surface area contributed by atoms with Crippen LogP contribution in [0.1, 0.15) is 50.2 Å². The number of nitrogens with one attached hydrogen (secondary N) is 2. The molecule has 3 aliphatic rings. The van der Waals surface area contributed by atoms with Crippen molar-refractivity contribution in [2.45, 2.75) is 56.5 Å². The maximum atomic E-state index is 16.0. The topological polar surface area (TPSA) is 58.2 Å². The summed E-state index contributed by atoms with van der Waals surface area (Å²) in [5.41, 5.74) is -2.59. The van der Waals surface area contributed by atoms with E-state index in [4.69, 9.17) is 23.2 Å². The van der Waals surface area contributed by atoms with E-state index in [-0.39, 0.29) is 44.6 Å². The van der Waals surface area contributed by atoms with Crippen LogP contribution in [0.4, 0.5) is 18.9 Å². The Morgan fingerprint density at radius 2 is 1.85 bits per heavy atom. The molecule has 2 fully saturated rings. The lowest BCUT2D eigenvalue weighted by molar-refractivity contribution is -0.139. The number of Topliss-reactive ketones (excluding diaryl/α,β-unsaturated/α-hetero) is 1. The first-order valence-electron chi connectivity index (χ1n) is 11.1. The Kier molecular flexibility index (Phi) is 5.36. The lowest BCUT2D eigenvalue weighted by atomic mass is 9.61. The van der Waals surface area contributed by atoms with Gasteiger partial charge < -0.3 is 5.32 Å². The van der Waals surface area contributed by atoms with E-state index in [0.29, 0.717) is 0 Å². The summed E-state index contributed by atoms with van der Waals surface area (Å²) in [5.74, 6) is -3.89. The zero-order valence-electron chi connectivity index (χ0n) is 18.5. The first kappa shape index (κ1) is 23.6. The van der Waals surface area contributed by atoms with Crippen LogP contribution in [0.3, 0.4) is 0 Å². The van der Waals surface area contributed by atoms with E-state index in [1.54, 1.807) is 0 Å². The normalized spacial score (nSPS) is 29.1. The Morgan fingerprint density at radius 1 is 1.15 bits per heavy atom. The fourth-order valence-corrected chi connectivity index (χ4v) is 6.62. The summed E-state index contributed by atoms with van der Waals surface area (Å²) in [5, 5.41) is 4.59. The van der Waals surface area contributed by atoms with Crippen LogP contribution in [0.25, 0.3) is 0 Å². The Balaban J connectivity index is 1.67. The molecular formula is C25H23Cl2F3N2O2. The summed E-state index contributed by atoms with van der Waals surface area (Å²) in [4.78, 5) is 26.8. The van der Waals surface area contributed by atoms with Crippen LogP contribution in [0.15, 0.2) is 36.4 Å². The van der Waals surface area contributed by atoms with Gasteiger partial charge in [-0.25, -0.2) is 9.71 Å². The molecule has 3 atom stereocenters. The smallest absolute Gasteiger partial charge is 0.322 e. The highest BCUT2D eigenvalue weighted by molar-refractivity contribution is 6.31. The van der Waals surface area contributed by atoms with Gasteiger partial charge in [0.2, 0.25) is 5.91 Å². The van der Waals surface area contributed by atoms with Crippen LogP contribution >= 0.6 is 23.2 Å². The van der Waals surface area contributed by atoms with Crippen molar-refractivity contribution in [3.63, 3.8) is 0 Å². The molecule has 1 aliphatic carbocycles. The molecular weight excluding hydrogens is 488 g/mol. The molecule has 1 amide bonds. The van der Waals surface area contributed by atoms with Crippen molar-refractivity contribution in [2.24, 2.45) is 11.3 Å². The quantitative estimate of drug-likeness (QED) is 0.491. The number of halogens is 5. The molecule has 0 radical (unpaired) electrons. The molecule has 34 heavy (non-hydrogen) atoms. The van der Waals surface area contributed by atoms with Crippen LogP contribution in [0.2, 0.25) is 10.0 Å². The SMILES string of the molecule is CC1(C)CC(CC(=O)[C@@H]2NC(F)(F)[C@@]3(C(=O)Nc4cc(Cl)ccc43)[C@H]2c2cccc(Cl)c2F)C1. The van der Waals surface area contributed by atoms with Gasteiger partial charge in [0, 0.05) is 23.0 Å². The minimum atomic E-state index is -3.85. The van der Waals surface area contributed by atoms with Crippen molar-refractivity contribution < 1.29 is 22.8 Å². The van der Waals surface area contributed by atoms with Crippen molar-refractivity contribution >= 4 is 40.6 Å². The molecule has 2 aromatic carbocycles. The Morgan fingerprint density at radius 3 is 2.53 bits per heavy atom. The van der Waals surface area contributed by atoms with E-state index in [1.807, 2.05) is 0 Å². The van der Waals surface area contributed by atoms with Crippen LogP contribution < -0.4 is 10.6 Å². The van der Waals surface area contributed by atoms with Crippen LogP contribution in [0, 0.1) is 17.2 Å². The second-order valence-corrected chi connectivity index (χ2v) is 11.2. The lowest BCUT2D eigenvalue weighted by Gasteiger charge is -2.43. The molecule has 2 N–H and O–H groups in total. The molecule has 0 unspecified atom stereocenters. The van der Waals surface area contributed by atoms with Crippen molar-refractivity contribution in [3.05, 3.63) is 63.4 Å². The van der Waals surface area contributed by atoms with Crippen molar-refractivity contribution in [2.75, 3.05) is 5.32 Å². The molecule has 180 valence electrons. The highest BCUT2D eigenvalue weighted by atomic mass is 35.5. The standard InChI is InChI=1S/C25H23Cl2F3N2O2/c1-23(2)10-12(11-23)8-18(33)21-19(14-4-3-5-16(27)20(14)28)24(25(29,30)32-21)15-7-6-13(26)9-17(15)31-22(24)34/h3-7,9,12,19,21,32H,8,10-11H2,1-2H3,(H,31,34)/t19-,21-,24+/m0/s1. The molecule has 2 aliphatic heterocycles. The number of carbonyl (C=O) groups excluding carboxylic acids is 2. The fourth-order valence-electron chi connectivity index (χ4n) is 6.26. The number of hydrogen-bond acceptors (Lipinski definition) is 3. The first-order chi connectivity index (χ1) is 15.9. The number of anilines is 1. The van der Waals surface area contributed by atoms with Crippen molar-refractivity contribution in [1.82, 2.24) is 5.32 Å². The Hall–Kier alpha value is -2.09. The van der Waals surface area contributed by atoms with Gasteiger partial charge in [0.1, 0.15) is 5.82 Å². The third-order valence-corrected chi connectivity index (χ3v) is 8.01. The summed E-state index contributed by atoms with van der Waals surface area (Å²) >= 11 is 12.0. The molecule has 0 aromatic heterocycles. The van der Waals surface area contributed by atoms with Gasteiger partial charge in [-0.2, -0.15) is 8.78 Å². The molecule has 2 heterocycles. The summed E-state index contributed by atoms with van der Waals surface area (Å²) in [6.07, 6.45) is 1.66. The molecule has 5 rings (SSSR count). The first-order valence-corrected chi connectivity index (χ1v) is 11.9. The number of carbonyl (C=O) groups is 2. The van der Waals surface area contributed by atoms with Crippen LogP contribution in [0.5, 0.6) is 0 Å². The van der Waals surface area contributed by atoms with Gasteiger partial charge in [-0.1, -0.05) is 55.2 Å². The predicted octanol–water partition coefficient (Wildman–Crippen LogP) is 6.07. The molecule has 1 spiro atoms. The highest BCUT2D eigenvalue weighted by Crippen LogP contribution is 2.61. The molecule has 0 bridgehead atoms. The Labute approximate surface area is 205 Å². The number of ketones is 1. The molecule has 1 saturated heterocycles. The number of benzene rings is 2. The summed E-state index contributed by atoms with van der Waals surface area (Å²) in [6, 6.07) is 2.80. The molecule has 1 saturated carbocycles. The number of amides is 1. The van der Waals surface area contributed by atoms with E-state index in [0.717, 1.165) is 12.8 Å². The third kappa shape index (κ3) is 3.31. The second kappa shape index (κ2) is 7.70. The largest absolute Gasteiger partial charge is 0.325 e. The van der Waals surface area contributed by atoms with Crippen molar-refractivity contribution in [3.8, 4) is 0 Å². The van der Waals surface area contributed by atoms with E-state index in [2.05, 4.69) is 24.5 Å². The van der Waals surface area contributed by atoms with E-state index < -0.39 is 40.9 Å². The Bertz CT molecular complexity index is 1210. The van der Waals surface area contributed by atoms with Crippen molar-refractivity contribution in [1.29, 1.82) is 0 Å².